The lowest BCUT2D eigenvalue weighted by atomic mass is 10.3. The molecule has 96 valence electrons. The Balaban J connectivity index is 2.41. The van der Waals surface area contributed by atoms with Gasteiger partial charge in [0.1, 0.15) is 5.75 Å². The summed E-state index contributed by atoms with van der Waals surface area (Å²) in [4.78, 5) is 11.6. The molecule has 18 heavy (non-hydrogen) atoms. The highest BCUT2D eigenvalue weighted by Crippen LogP contribution is 2.09. The number of nitrogen functional groups attached to an aromatic ring is 1. The second-order valence-electron chi connectivity index (χ2n) is 3.77. The van der Waals surface area contributed by atoms with Crippen LogP contribution < -0.4 is 11.3 Å². The van der Waals surface area contributed by atoms with Gasteiger partial charge in [0.25, 0.3) is 15.7 Å². The molecule has 4 N–H and O–H groups in total. The Morgan fingerprint density at radius 2 is 1.89 bits per heavy atom. The van der Waals surface area contributed by atoms with E-state index < -0.39 is 21.4 Å². The van der Waals surface area contributed by atoms with Gasteiger partial charge in [0, 0.05) is 11.8 Å². The lowest BCUT2D eigenvalue weighted by Gasteiger charge is -2.02. The van der Waals surface area contributed by atoms with Crippen molar-refractivity contribution in [3.8, 4) is 5.69 Å². The molecule has 0 amide bonds. The standard InChI is InChI=1S/C10H11N3O4S/c11-7-1-3-9(4-2-7)13-10(14)5-8(12-13)6-18(15,16)17/h1-5,12H,6,11H2,(H,15,16,17). The smallest absolute Gasteiger partial charge is 0.271 e. The first-order valence-electron chi connectivity index (χ1n) is 4.97. The van der Waals surface area contributed by atoms with Crippen molar-refractivity contribution >= 4 is 15.8 Å². The molecule has 2 rings (SSSR count). The number of aromatic amines is 1. The monoisotopic (exact) mass is 269 g/mol. The molecular weight excluding hydrogens is 258 g/mol. The Labute approximate surface area is 103 Å². The van der Waals surface area contributed by atoms with Crippen LogP contribution in [0, 0.1) is 0 Å². The second-order valence-corrected chi connectivity index (χ2v) is 5.23. The van der Waals surface area contributed by atoms with Gasteiger partial charge in [-0.2, -0.15) is 8.42 Å². The summed E-state index contributed by atoms with van der Waals surface area (Å²) in [6.45, 7) is 0. The van der Waals surface area contributed by atoms with Crippen LogP contribution in [-0.2, 0) is 15.9 Å². The maximum Gasteiger partial charge on any atom is 0.271 e. The van der Waals surface area contributed by atoms with Crippen molar-refractivity contribution in [1.29, 1.82) is 0 Å². The number of nitrogens with zero attached hydrogens (tertiary/aromatic N) is 1. The zero-order valence-electron chi connectivity index (χ0n) is 9.20. The van der Waals surface area contributed by atoms with Gasteiger partial charge in [-0.3, -0.25) is 14.4 Å². The van der Waals surface area contributed by atoms with Crippen molar-refractivity contribution in [2.45, 2.75) is 5.75 Å². The fraction of sp³-hybridized carbons (Fsp3) is 0.100. The molecule has 0 saturated heterocycles. The lowest BCUT2D eigenvalue weighted by Crippen LogP contribution is -2.13. The first-order chi connectivity index (χ1) is 8.35. The van der Waals surface area contributed by atoms with Crippen LogP contribution in [0.4, 0.5) is 5.69 Å². The molecule has 0 saturated carbocycles. The van der Waals surface area contributed by atoms with Crippen molar-refractivity contribution < 1.29 is 13.0 Å². The highest BCUT2D eigenvalue weighted by molar-refractivity contribution is 7.84. The molecule has 0 fully saturated rings. The lowest BCUT2D eigenvalue weighted by molar-refractivity contribution is 0.481. The van der Waals surface area contributed by atoms with E-state index in [1.807, 2.05) is 0 Å². The zero-order valence-corrected chi connectivity index (χ0v) is 10.0. The van der Waals surface area contributed by atoms with E-state index in [4.69, 9.17) is 10.3 Å². The van der Waals surface area contributed by atoms with E-state index in [9.17, 15) is 13.2 Å². The van der Waals surface area contributed by atoms with E-state index in [0.717, 1.165) is 6.07 Å². The Morgan fingerprint density at radius 3 is 2.44 bits per heavy atom. The van der Waals surface area contributed by atoms with Crippen molar-refractivity contribution in [3.05, 3.63) is 46.4 Å². The molecule has 1 aromatic carbocycles. The summed E-state index contributed by atoms with van der Waals surface area (Å²) in [7, 11) is -4.17. The van der Waals surface area contributed by atoms with Gasteiger partial charge in [0.15, 0.2) is 0 Å². The first kappa shape index (κ1) is 12.4. The maximum atomic E-state index is 11.6. The zero-order chi connectivity index (χ0) is 13.3. The average molecular weight is 269 g/mol. The third kappa shape index (κ3) is 2.79. The number of nitrogens with two attached hydrogens (primary N) is 1. The Hall–Kier alpha value is -2.06. The molecule has 0 aliphatic rings. The Bertz CT molecular complexity index is 712. The molecule has 0 unspecified atom stereocenters. The van der Waals surface area contributed by atoms with Gasteiger partial charge in [-0.25, -0.2) is 4.68 Å². The summed E-state index contributed by atoms with van der Waals surface area (Å²) in [6, 6.07) is 7.58. The Morgan fingerprint density at radius 1 is 1.28 bits per heavy atom. The third-order valence-corrected chi connectivity index (χ3v) is 2.94. The number of nitrogens with one attached hydrogen (secondary N) is 1. The predicted molar refractivity (Wildman–Crippen MR) is 66.1 cm³/mol. The minimum Gasteiger partial charge on any atom is -0.399 e. The van der Waals surface area contributed by atoms with Crippen LogP contribution in [0.25, 0.3) is 5.69 Å². The molecule has 0 aliphatic carbocycles. The minimum absolute atomic E-state index is 0.110. The van der Waals surface area contributed by atoms with Crippen LogP contribution in [-0.4, -0.2) is 22.8 Å². The molecular formula is C10H11N3O4S. The molecule has 0 aliphatic heterocycles. The van der Waals surface area contributed by atoms with Gasteiger partial charge in [0.05, 0.1) is 11.4 Å². The molecule has 7 nitrogen and oxygen atoms in total. The molecule has 1 aromatic heterocycles. The molecule has 0 radical (unpaired) electrons. The van der Waals surface area contributed by atoms with Crippen molar-refractivity contribution in [2.75, 3.05) is 5.73 Å². The summed E-state index contributed by atoms with van der Waals surface area (Å²) >= 11 is 0. The molecule has 8 heteroatoms. The maximum absolute atomic E-state index is 11.6. The number of rotatable bonds is 3. The van der Waals surface area contributed by atoms with Crippen molar-refractivity contribution in [3.63, 3.8) is 0 Å². The summed E-state index contributed by atoms with van der Waals surface area (Å²) in [5.74, 6) is -0.635. The average Bonchev–Trinajstić information content (AvgIpc) is 2.58. The number of aromatic nitrogens is 2. The van der Waals surface area contributed by atoms with Crippen LogP contribution in [0.3, 0.4) is 0 Å². The fourth-order valence-electron chi connectivity index (χ4n) is 1.53. The van der Waals surface area contributed by atoms with E-state index in [2.05, 4.69) is 5.10 Å². The molecule has 1 heterocycles. The van der Waals surface area contributed by atoms with Crippen molar-refractivity contribution in [2.24, 2.45) is 0 Å². The van der Waals surface area contributed by atoms with Gasteiger partial charge < -0.3 is 5.73 Å². The topological polar surface area (TPSA) is 118 Å². The van der Waals surface area contributed by atoms with Gasteiger partial charge >= 0.3 is 0 Å². The normalized spacial score (nSPS) is 11.6. The van der Waals surface area contributed by atoms with Crippen LogP contribution in [0.15, 0.2) is 35.1 Å². The van der Waals surface area contributed by atoms with E-state index in [1.54, 1.807) is 24.3 Å². The van der Waals surface area contributed by atoms with E-state index in [1.165, 1.54) is 4.68 Å². The SMILES string of the molecule is Nc1ccc(-n2[nH]c(CS(=O)(=O)O)cc2=O)cc1. The van der Waals surface area contributed by atoms with Crippen LogP contribution in [0.1, 0.15) is 5.69 Å². The quantitative estimate of drug-likeness (QED) is 0.541. The molecule has 0 atom stereocenters. The molecule has 0 bridgehead atoms. The van der Waals surface area contributed by atoms with E-state index in [-0.39, 0.29) is 5.69 Å². The van der Waals surface area contributed by atoms with Gasteiger partial charge in [-0.05, 0) is 24.3 Å². The van der Waals surface area contributed by atoms with Crippen LogP contribution in [0.5, 0.6) is 0 Å². The number of hydrogen-bond acceptors (Lipinski definition) is 4. The highest BCUT2D eigenvalue weighted by atomic mass is 32.2. The van der Waals surface area contributed by atoms with Crippen LogP contribution in [0.2, 0.25) is 0 Å². The Kier molecular flexibility index (Phi) is 2.97. The van der Waals surface area contributed by atoms with E-state index >= 15 is 0 Å². The molecule has 2 aromatic rings. The van der Waals surface area contributed by atoms with Crippen LogP contribution >= 0.6 is 0 Å². The summed E-state index contributed by atoms with van der Waals surface area (Å²) in [6.07, 6.45) is 0. The number of H-pyrrole nitrogens is 1. The highest BCUT2D eigenvalue weighted by Gasteiger charge is 2.11. The fourth-order valence-corrected chi connectivity index (χ4v) is 2.07. The third-order valence-electron chi connectivity index (χ3n) is 2.26. The molecule has 0 spiro atoms. The van der Waals surface area contributed by atoms with Gasteiger partial charge in [0.2, 0.25) is 0 Å². The van der Waals surface area contributed by atoms with Gasteiger partial charge in [-0.15, -0.1) is 0 Å². The minimum atomic E-state index is -4.17. The summed E-state index contributed by atoms with van der Waals surface area (Å²) in [5.41, 5.74) is 6.29. The first-order valence-corrected chi connectivity index (χ1v) is 6.58. The number of benzene rings is 1. The summed E-state index contributed by atoms with van der Waals surface area (Å²) < 4.78 is 31.3. The van der Waals surface area contributed by atoms with Crippen molar-refractivity contribution in [1.82, 2.24) is 9.78 Å². The van der Waals surface area contributed by atoms with Gasteiger partial charge in [-0.1, -0.05) is 0 Å². The second kappa shape index (κ2) is 4.31. The largest absolute Gasteiger partial charge is 0.399 e. The number of anilines is 1. The van der Waals surface area contributed by atoms with E-state index in [0.29, 0.717) is 11.4 Å². The number of hydrogen-bond donors (Lipinski definition) is 3. The summed E-state index contributed by atoms with van der Waals surface area (Å²) in [5, 5.41) is 2.60. The predicted octanol–water partition coefficient (Wildman–Crippen LogP) is 0.136.